The SMILES string of the molecule is CN(C)S(=O)(=O)c1cccc(NC(=O)CC2CC3CCC(C2)N3)c1. The molecule has 7 heteroatoms. The highest BCUT2D eigenvalue weighted by atomic mass is 32.2. The van der Waals surface area contributed by atoms with E-state index in [1.807, 2.05) is 0 Å². The molecule has 2 saturated heterocycles. The van der Waals surface area contributed by atoms with Crippen molar-refractivity contribution in [2.24, 2.45) is 5.92 Å². The molecule has 1 aromatic carbocycles. The Morgan fingerprint density at radius 1 is 1.25 bits per heavy atom. The number of fused-ring (bicyclic) bond motifs is 2. The van der Waals surface area contributed by atoms with Crippen LogP contribution >= 0.6 is 0 Å². The van der Waals surface area contributed by atoms with Gasteiger partial charge in [0.2, 0.25) is 15.9 Å². The zero-order valence-electron chi connectivity index (χ0n) is 14.2. The summed E-state index contributed by atoms with van der Waals surface area (Å²) in [6.45, 7) is 0. The molecular formula is C17H25N3O3S. The number of nitrogens with zero attached hydrogens (tertiary/aromatic N) is 1. The molecule has 6 nitrogen and oxygen atoms in total. The van der Waals surface area contributed by atoms with E-state index < -0.39 is 10.0 Å². The van der Waals surface area contributed by atoms with E-state index >= 15 is 0 Å². The Labute approximate surface area is 143 Å². The molecule has 132 valence electrons. The van der Waals surface area contributed by atoms with Crippen LogP contribution in [0.3, 0.4) is 0 Å². The van der Waals surface area contributed by atoms with Gasteiger partial charge in [-0.25, -0.2) is 12.7 Å². The Hall–Kier alpha value is -1.44. The second-order valence-electron chi connectivity index (χ2n) is 7.04. The minimum atomic E-state index is -3.49. The predicted molar refractivity (Wildman–Crippen MR) is 93.2 cm³/mol. The lowest BCUT2D eigenvalue weighted by Gasteiger charge is -2.28. The van der Waals surface area contributed by atoms with Gasteiger partial charge >= 0.3 is 0 Å². The average molecular weight is 351 g/mol. The summed E-state index contributed by atoms with van der Waals surface area (Å²) in [5.41, 5.74) is 0.528. The van der Waals surface area contributed by atoms with Crippen molar-refractivity contribution < 1.29 is 13.2 Å². The van der Waals surface area contributed by atoms with E-state index in [9.17, 15) is 13.2 Å². The standard InChI is InChI=1S/C17H25N3O3S/c1-20(2)24(22,23)16-5-3-4-13(11-16)19-17(21)10-12-8-14-6-7-15(9-12)18-14/h3-5,11-12,14-15,18H,6-10H2,1-2H3,(H,19,21). The Bertz CT molecular complexity index is 706. The zero-order valence-corrected chi connectivity index (χ0v) is 15.0. The number of amides is 1. The molecule has 2 aliphatic rings. The van der Waals surface area contributed by atoms with Gasteiger partial charge in [0.05, 0.1) is 4.90 Å². The summed E-state index contributed by atoms with van der Waals surface area (Å²) in [6, 6.07) is 7.55. The molecule has 0 radical (unpaired) electrons. The molecule has 3 rings (SSSR count). The summed E-state index contributed by atoms with van der Waals surface area (Å²) >= 11 is 0. The van der Waals surface area contributed by atoms with Gasteiger partial charge in [-0.15, -0.1) is 0 Å². The highest BCUT2D eigenvalue weighted by Crippen LogP contribution is 2.32. The summed E-state index contributed by atoms with van der Waals surface area (Å²) in [6.07, 6.45) is 5.04. The van der Waals surface area contributed by atoms with E-state index in [-0.39, 0.29) is 10.8 Å². The van der Waals surface area contributed by atoms with Gasteiger partial charge in [-0.2, -0.15) is 0 Å². The van der Waals surface area contributed by atoms with Crippen LogP contribution in [0.25, 0.3) is 0 Å². The number of piperidine rings is 1. The van der Waals surface area contributed by atoms with E-state index in [0.717, 1.165) is 12.8 Å². The molecule has 0 spiro atoms. The zero-order chi connectivity index (χ0) is 17.3. The van der Waals surface area contributed by atoms with Crippen LogP contribution in [0.1, 0.15) is 32.1 Å². The van der Waals surface area contributed by atoms with Crippen LogP contribution in [0.4, 0.5) is 5.69 Å². The molecule has 0 aromatic heterocycles. The number of sulfonamides is 1. The van der Waals surface area contributed by atoms with E-state index in [4.69, 9.17) is 0 Å². The van der Waals surface area contributed by atoms with Gasteiger partial charge in [-0.1, -0.05) is 6.07 Å². The van der Waals surface area contributed by atoms with E-state index in [1.54, 1.807) is 12.1 Å². The molecule has 2 unspecified atom stereocenters. The van der Waals surface area contributed by atoms with Crippen molar-refractivity contribution in [2.45, 2.75) is 49.1 Å². The molecule has 2 aliphatic heterocycles. The van der Waals surface area contributed by atoms with Crippen LogP contribution in [-0.2, 0) is 14.8 Å². The third-order valence-electron chi connectivity index (χ3n) is 4.94. The molecule has 0 aliphatic carbocycles. The van der Waals surface area contributed by atoms with Crippen molar-refractivity contribution >= 4 is 21.6 Å². The van der Waals surface area contributed by atoms with Gasteiger partial charge in [-0.3, -0.25) is 4.79 Å². The Balaban J connectivity index is 1.62. The smallest absolute Gasteiger partial charge is 0.242 e. The van der Waals surface area contributed by atoms with Crippen molar-refractivity contribution in [3.05, 3.63) is 24.3 Å². The van der Waals surface area contributed by atoms with Crippen molar-refractivity contribution in [1.29, 1.82) is 0 Å². The van der Waals surface area contributed by atoms with Crippen molar-refractivity contribution in [1.82, 2.24) is 9.62 Å². The fraction of sp³-hybridized carbons (Fsp3) is 0.588. The van der Waals surface area contributed by atoms with E-state index in [2.05, 4.69) is 10.6 Å². The molecule has 2 bridgehead atoms. The first-order chi connectivity index (χ1) is 11.3. The summed E-state index contributed by atoms with van der Waals surface area (Å²) in [5, 5.41) is 6.42. The normalized spacial score (nSPS) is 26.5. The fourth-order valence-electron chi connectivity index (χ4n) is 3.76. The molecule has 0 saturated carbocycles. The number of hydrogen-bond donors (Lipinski definition) is 2. The topological polar surface area (TPSA) is 78.5 Å². The summed E-state index contributed by atoms with van der Waals surface area (Å²) in [5.74, 6) is 0.373. The third-order valence-corrected chi connectivity index (χ3v) is 6.75. The quantitative estimate of drug-likeness (QED) is 0.848. The van der Waals surface area contributed by atoms with Gasteiger partial charge in [0.15, 0.2) is 0 Å². The van der Waals surface area contributed by atoms with Crippen molar-refractivity contribution in [3.8, 4) is 0 Å². The molecule has 2 atom stereocenters. The number of nitrogens with one attached hydrogen (secondary N) is 2. The third kappa shape index (κ3) is 3.79. The second-order valence-corrected chi connectivity index (χ2v) is 9.19. The lowest BCUT2D eigenvalue weighted by Crippen LogP contribution is -2.39. The first kappa shape index (κ1) is 17.4. The summed E-state index contributed by atoms with van der Waals surface area (Å²) < 4.78 is 25.5. The Morgan fingerprint density at radius 2 is 1.92 bits per heavy atom. The maximum absolute atomic E-state index is 12.3. The first-order valence-electron chi connectivity index (χ1n) is 8.43. The van der Waals surface area contributed by atoms with Crippen LogP contribution < -0.4 is 10.6 Å². The van der Waals surface area contributed by atoms with Crippen LogP contribution in [0.5, 0.6) is 0 Å². The fourth-order valence-corrected chi connectivity index (χ4v) is 4.71. The minimum Gasteiger partial charge on any atom is -0.326 e. The Kier molecular flexibility index (Phi) is 4.94. The number of benzene rings is 1. The molecule has 1 amide bonds. The maximum Gasteiger partial charge on any atom is 0.242 e. The van der Waals surface area contributed by atoms with Crippen molar-refractivity contribution in [2.75, 3.05) is 19.4 Å². The molecule has 2 fully saturated rings. The lowest BCUT2D eigenvalue weighted by molar-refractivity contribution is -0.117. The highest BCUT2D eigenvalue weighted by Gasteiger charge is 2.34. The summed E-state index contributed by atoms with van der Waals surface area (Å²) in [4.78, 5) is 12.5. The summed E-state index contributed by atoms with van der Waals surface area (Å²) in [7, 11) is -0.511. The first-order valence-corrected chi connectivity index (χ1v) is 9.87. The Morgan fingerprint density at radius 3 is 2.54 bits per heavy atom. The van der Waals surface area contributed by atoms with E-state index in [0.29, 0.717) is 30.1 Å². The number of carbonyl (C=O) groups excluding carboxylic acids is 1. The monoisotopic (exact) mass is 351 g/mol. The molecule has 1 aromatic rings. The number of hydrogen-bond acceptors (Lipinski definition) is 4. The van der Waals surface area contributed by atoms with Crippen LogP contribution in [0, 0.1) is 5.92 Å². The lowest BCUT2D eigenvalue weighted by atomic mass is 9.89. The van der Waals surface area contributed by atoms with Gasteiger partial charge in [0.25, 0.3) is 0 Å². The molecule has 24 heavy (non-hydrogen) atoms. The van der Waals surface area contributed by atoms with Crippen LogP contribution in [0.15, 0.2) is 29.2 Å². The van der Waals surface area contributed by atoms with Gasteiger partial charge in [0, 0.05) is 38.3 Å². The van der Waals surface area contributed by atoms with Gasteiger partial charge in [-0.05, 0) is 49.8 Å². The maximum atomic E-state index is 12.3. The van der Waals surface area contributed by atoms with Gasteiger partial charge in [0.1, 0.15) is 0 Å². The molecule has 2 N–H and O–H groups in total. The van der Waals surface area contributed by atoms with Gasteiger partial charge < -0.3 is 10.6 Å². The number of carbonyl (C=O) groups is 1. The average Bonchev–Trinajstić information content (AvgIpc) is 2.86. The van der Waals surface area contributed by atoms with Crippen LogP contribution in [-0.4, -0.2) is 44.8 Å². The second kappa shape index (κ2) is 6.82. The predicted octanol–water partition coefficient (Wildman–Crippen LogP) is 1.80. The van der Waals surface area contributed by atoms with E-state index in [1.165, 1.54) is 43.4 Å². The highest BCUT2D eigenvalue weighted by molar-refractivity contribution is 7.89. The number of anilines is 1. The largest absolute Gasteiger partial charge is 0.326 e. The van der Waals surface area contributed by atoms with Crippen LogP contribution in [0.2, 0.25) is 0 Å². The minimum absolute atomic E-state index is 0.0410. The molecular weight excluding hydrogens is 326 g/mol. The molecule has 2 heterocycles. The number of rotatable bonds is 5. The van der Waals surface area contributed by atoms with Crippen molar-refractivity contribution in [3.63, 3.8) is 0 Å².